The van der Waals surface area contributed by atoms with E-state index in [1.54, 1.807) is 24.7 Å². The lowest BCUT2D eigenvalue weighted by molar-refractivity contribution is 0.119. The molecule has 0 saturated carbocycles. The summed E-state index contributed by atoms with van der Waals surface area (Å²) in [6, 6.07) is 5.43. The molecule has 0 aliphatic carbocycles. The zero-order valence-corrected chi connectivity index (χ0v) is 13.5. The van der Waals surface area contributed by atoms with Crippen molar-refractivity contribution in [2.45, 2.75) is 0 Å². The Morgan fingerprint density at radius 2 is 1.96 bits per heavy atom. The van der Waals surface area contributed by atoms with Gasteiger partial charge in [0, 0.05) is 48.9 Å². The summed E-state index contributed by atoms with van der Waals surface area (Å²) in [5, 5.41) is 28.8. The average molecular weight is 335 g/mol. The van der Waals surface area contributed by atoms with E-state index < -0.39 is 0 Å². The van der Waals surface area contributed by atoms with Gasteiger partial charge in [-0.25, -0.2) is 4.98 Å². The molecule has 2 aliphatic rings. The summed E-state index contributed by atoms with van der Waals surface area (Å²) < 4.78 is 0. The van der Waals surface area contributed by atoms with E-state index in [1.807, 2.05) is 12.1 Å². The predicted molar refractivity (Wildman–Crippen MR) is 92.0 cm³/mol. The molecular formula is C17H17N7O. The van der Waals surface area contributed by atoms with Gasteiger partial charge in [-0.05, 0) is 17.7 Å². The maximum Gasteiger partial charge on any atom is 0.245 e. The third-order valence-electron chi connectivity index (χ3n) is 4.99. The van der Waals surface area contributed by atoms with E-state index in [2.05, 4.69) is 35.6 Å². The number of benzene rings is 1. The molecule has 0 unspecified atom stereocenters. The van der Waals surface area contributed by atoms with Crippen LogP contribution in [0.25, 0.3) is 22.4 Å². The second-order valence-electron chi connectivity index (χ2n) is 6.82. The Bertz CT molecular complexity index is 895. The van der Waals surface area contributed by atoms with E-state index in [0.29, 0.717) is 22.6 Å². The number of H-pyrrole nitrogens is 1. The Balaban J connectivity index is 1.36. The molecule has 8 nitrogen and oxygen atoms in total. The fraction of sp³-hybridized carbons (Fsp3) is 0.294. The topological polar surface area (TPSA) is 103 Å². The summed E-state index contributed by atoms with van der Waals surface area (Å²) in [5.74, 6) is 0.793. The van der Waals surface area contributed by atoms with Crippen LogP contribution in [0.2, 0.25) is 0 Å². The van der Waals surface area contributed by atoms with Crippen molar-refractivity contribution in [3.8, 4) is 28.1 Å². The summed E-state index contributed by atoms with van der Waals surface area (Å²) in [6.45, 7) is 4.11. The number of nitrogens with zero attached hydrogens (tertiary/aromatic N) is 5. The van der Waals surface area contributed by atoms with Crippen molar-refractivity contribution < 1.29 is 5.11 Å². The Labute approximate surface area is 143 Å². The summed E-state index contributed by atoms with van der Waals surface area (Å²) >= 11 is 0. The largest absolute Gasteiger partial charge is 0.507 e. The molecule has 1 spiro atoms. The first-order valence-corrected chi connectivity index (χ1v) is 8.20. The molecule has 0 amide bonds. The number of hydrogen-bond acceptors (Lipinski definition) is 7. The first kappa shape index (κ1) is 14.4. The van der Waals surface area contributed by atoms with Crippen LogP contribution in [0.4, 0.5) is 5.95 Å². The molecule has 1 aromatic carbocycles. The van der Waals surface area contributed by atoms with Crippen LogP contribution in [-0.4, -0.2) is 56.7 Å². The third kappa shape index (κ3) is 2.33. The zero-order valence-electron chi connectivity index (χ0n) is 13.5. The Kier molecular flexibility index (Phi) is 3.01. The van der Waals surface area contributed by atoms with Crippen molar-refractivity contribution >= 4 is 5.95 Å². The number of anilines is 1. The van der Waals surface area contributed by atoms with Crippen molar-refractivity contribution in [2.75, 3.05) is 31.1 Å². The second kappa shape index (κ2) is 5.25. The quantitative estimate of drug-likeness (QED) is 0.657. The number of phenolic OH excluding ortho intramolecular Hbond substituents is 1. The van der Waals surface area contributed by atoms with E-state index in [9.17, 15) is 5.11 Å². The van der Waals surface area contributed by atoms with Crippen molar-refractivity contribution in [3.05, 3.63) is 36.8 Å². The summed E-state index contributed by atoms with van der Waals surface area (Å²) in [5.41, 5.74) is 3.39. The highest BCUT2D eigenvalue weighted by molar-refractivity contribution is 5.73. The molecule has 2 aromatic heterocycles. The van der Waals surface area contributed by atoms with Gasteiger partial charge in [0.1, 0.15) is 11.4 Å². The number of nitrogens with one attached hydrogen (secondary N) is 2. The standard InChI is InChI=1S/C17H17N7O/c25-15-3-11(12-4-20-21-5-12)1-2-13(15)14-6-19-16(23-22-14)24-9-17(10-24)7-18-8-17/h1-6,18,25H,7-10H2,(H,20,21). The molecule has 25 heavy (non-hydrogen) atoms. The fourth-order valence-electron chi connectivity index (χ4n) is 3.48. The van der Waals surface area contributed by atoms with Gasteiger partial charge in [0.25, 0.3) is 0 Å². The molecule has 3 N–H and O–H groups in total. The van der Waals surface area contributed by atoms with Gasteiger partial charge in [-0.1, -0.05) is 6.07 Å². The van der Waals surface area contributed by atoms with E-state index in [-0.39, 0.29) is 5.75 Å². The van der Waals surface area contributed by atoms with Crippen LogP contribution in [0.5, 0.6) is 5.75 Å². The average Bonchev–Trinajstić information content (AvgIpc) is 3.07. The smallest absolute Gasteiger partial charge is 0.245 e. The molecule has 2 aliphatic heterocycles. The lowest BCUT2D eigenvalue weighted by Crippen LogP contribution is -2.71. The number of aromatic nitrogens is 5. The molecule has 0 atom stereocenters. The molecule has 0 bridgehead atoms. The lowest BCUT2D eigenvalue weighted by Gasteiger charge is -2.55. The Hall–Kier alpha value is -3.00. The van der Waals surface area contributed by atoms with Crippen LogP contribution in [0.3, 0.4) is 0 Å². The number of phenols is 1. The van der Waals surface area contributed by atoms with Crippen LogP contribution in [0.1, 0.15) is 0 Å². The van der Waals surface area contributed by atoms with Gasteiger partial charge in [-0.3, -0.25) is 5.10 Å². The van der Waals surface area contributed by atoms with Crippen LogP contribution < -0.4 is 10.2 Å². The normalized spacial score (nSPS) is 18.0. The van der Waals surface area contributed by atoms with Crippen molar-refractivity contribution in [2.24, 2.45) is 5.41 Å². The van der Waals surface area contributed by atoms with Gasteiger partial charge in [-0.15, -0.1) is 10.2 Å². The van der Waals surface area contributed by atoms with Gasteiger partial charge in [0.05, 0.1) is 12.4 Å². The highest BCUT2D eigenvalue weighted by atomic mass is 16.3. The summed E-state index contributed by atoms with van der Waals surface area (Å²) in [7, 11) is 0. The maximum absolute atomic E-state index is 10.3. The third-order valence-corrected chi connectivity index (χ3v) is 4.99. The van der Waals surface area contributed by atoms with Gasteiger partial charge in [0.15, 0.2) is 0 Å². The first-order valence-electron chi connectivity index (χ1n) is 8.20. The monoisotopic (exact) mass is 335 g/mol. The number of hydrogen-bond donors (Lipinski definition) is 3. The zero-order chi connectivity index (χ0) is 16.9. The van der Waals surface area contributed by atoms with E-state index in [4.69, 9.17) is 0 Å². The molecule has 126 valence electrons. The number of aromatic hydroxyl groups is 1. The SMILES string of the molecule is Oc1cc(-c2cn[nH]c2)ccc1-c1cnc(N2CC3(CNC3)C2)nn1. The lowest BCUT2D eigenvalue weighted by atomic mass is 9.75. The summed E-state index contributed by atoms with van der Waals surface area (Å²) in [4.78, 5) is 6.56. The molecule has 2 saturated heterocycles. The van der Waals surface area contributed by atoms with Gasteiger partial charge in [0.2, 0.25) is 5.95 Å². The molecule has 5 rings (SSSR count). The van der Waals surface area contributed by atoms with Crippen LogP contribution in [0, 0.1) is 5.41 Å². The van der Waals surface area contributed by atoms with Crippen LogP contribution in [0.15, 0.2) is 36.8 Å². The minimum absolute atomic E-state index is 0.144. The van der Waals surface area contributed by atoms with E-state index >= 15 is 0 Å². The second-order valence-corrected chi connectivity index (χ2v) is 6.82. The van der Waals surface area contributed by atoms with Crippen molar-refractivity contribution in [1.29, 1.82) is 0 Å². The molecule has 4 heterocycles. The van der Waals surface area contributed by atoms with Crippen LogP contribution >= 0.6 is 0 Å². The maximum atomic E-state index is 10.3. The molecule has 0 radical (unpaired) electrons. The van der Waals surface area contributed by atoms with E-state index in [1.165, 1.54) is 0 Å². The first-order chi connectivity index (χ1) is 12.2. The molecule has 8 heteroatoms. The fourth-order valence-corrected chi connectivity index (χ4v) is 3.48. The van der Waals surface area contributed by atoms with Crippen molar-refractivity contribution in [1.82, 2.24) is 30.7 Å². The Morgan fingerprint density at radius 3 is 2.56 bits per heavy atom. The predicted octanol–water partition coefficient (Wildman–Crippen LogP) is 1.04. The summed E-state index contributed by atoms with van der Waals surface area (Å²) in [6.07, 6.45) is 5.16. The molecular weight excluding hydrogens is 318 g/mol. The highest BCUT2D eigenvalue weighted by Crippen LogP contribution is 2.36. The molecule has 2 fully saturated rings. The minimum Gasteiger partial charge on any atom is -0.507 e. The van der Waals surface area contributed by atoms with Gasteiger partial charge in [-0.2, -0.15) is 5.10 Å². The Morgan fingerprint density at radius 1 is 1.08 bits per heavy atom. The minimum atomic E-state index is 0.144. The van der Waals surface area contributed by atoms with Crippen LogP contribution in [-0.2, 0) is 0 Å². The van der Waals surface area contributed by atoms with Gasteiger partial charge < -0.3 is 15.3 Å². The number of aromatic amines is 1. The number of rotatable bonds is 3. The highest BCUT2D eigenvalue weighted by Gasteiger charge is 2.48. The van der Waals surface area contributed by atoms with E-state index in [0.717, 1.165) is 37.3 Å². The molecule has 3 aromatic rings. The van der Waals surface area contributed by atoms with Crippen molar-refractivity contribution in [3.63, 3.8) is 0 Å². The van der Waals surface area contributed by atoms with Gasteiger partial charge >= 0.3 is 0 Å².